The van der Waals surface area contributed by atoms with Gasteiger partial charge in [0.15, 0.2) is 0 Å². The molecule has 0 spiro atoms. The summed E-state index contributed by atoms with van der Waals surface area (Å²) in [5.74, 6) is 0. The van der Waals surface area contributed by atoms with Crippen molar-refractivity contribution in [1.29, 1.82) is 0 Å². The second-order valence-corrected chi connectivity index (χ2v) is 71.6. The van der Waals surface area contributed by atoms with Crippen LogP contribution in [0.2, 0.25) is 0 Å². The molecule has 0 aromatic heterocycles. The van der Waals surface area contributed by atoms with Crippen LogP contribution in [0.15, 0.2) is 0 Å². The zero-order chi connectivity index (χ0) is 4.50. The molecule has 0 N–H and O–H groups in total. The van der Waals surface area contributed by atoms with Crippen LogP contribution in [-0.4, -0.2) is 0 Å². The molecule has 0 rings (SSSR count). The van der Waals surface area contributed by atoms with Crippen LogP contribution in [0.4, 0.5) is 0 Å². The molecule has 36 valence electrons. The Bertz CT molecular complexity index is 19.1. The molecule has 0 aromatic carbocycles. The van der Waals surface area contributed by atoms with Gasteiger partial charge in [-0.15, -0.1) is 0 Å². The van der Waals surface area contributed by atoms with Crippen molar-refractivity contribution < 1.29 is 7.47 Å². The minimum absolute atomic E-state index is 1.86. The van der Waals surface area contributed by atoms with Crippen molar-refractivity contribution in [3.05, 3.63) is 0 Å². The predicted octanol–water partition coefficient (Wildman–Crippen LogP) is 3.38. The molecule has 0 atom stereocenters. The molecule has 0 bridgehead atoms. The fourth-order valence-electron chi connectivity index (χ4n) is 0. The Morgan fingerprint density at radius 3 is 0.800 bits per heavy atom. The number of halogens is 4. The molecule has 0 aliphatic rings. The second-order valence-electron chi connectivity index (χ2n) is 0.324. The summed E-state index contributed by atoms with van der Waals surface area (Å²) in [4.78, 5) is 0. The third kappa shape index (κ3) is 20.7. The van der Waals surface area contributed by atoms with Crippen LogP contribution >= 0.6 is 53.7 Å². The standard InChI is InChI=1S/4BrH.Re/h4*1H;/q;;;;+3/p-4. The molecule has 0 aliphatic heterocycles. The fourth-order valence-corrected chi connectivity index (χ4v) is 0. The van der Waals surface area contributed by atoms with Gasteiger partial charge in [0.05, 0.1) is 0 Å². The van der Waals surface area contributed by atoms with Crippen LogP contribution in [0.25, 0.3) is 0 Å². The first-order valence-corrected chi connectivity index (χ1v) is 24.3. The second kappa shape index (κ2) is 2.78. The minimum atomic E-state index is -1.86. The Hall–Kier alpha value is 2.58. The molecule has 0 saturated carbocycles. The normalized spacial score (nSPS) is 15.2. The molecule has 0 fully saturated rings. The molecule has 0 unspecified atom stereocenters. The van der Waals surface area contributed by atoms with Gasteiger partial charge in [0.1, 0.15) is 0 Å². The van der Waals surface area contributed by atoms with Crippen LogP contribution in [0, 0.1) is 0 Å². The van der Waals surface area contributed by atoms with Gasteiger partial charge in [-0.1, -0.05) is 0 Å². The van der Waals surface area contributed by atoms with E-state index in [4.69, 9.17) is 0 Å². The summed E-state index contributed by atoms with van der Waals surface area (Å²) in [6, 6.07) is 0. The van der Waals surface area contributed by atoms with Gasteiger partial charge in [-0.05, 0) is 0 Å². The van der Waals surface area contributed by atoms with E-state index in [1.165, 1.54) is 0 Å². The average molecular weight is 506 g/mol. The number of rotatable bonds is 0. The molecule has 5 heteroatoms. The molecular formula is Br4Re-. The molecule has 0 radical (unpaired) electrons. The van der Waals surface area contributed by atoms with E-state index in [1.54, 1.807) is 0 Å². The Kier molecular flexibility index (Phi) is 4.22. The molecule has 0 aromatic rings. The van der Waals surface area contributed by atoms with Crippen molar-refractivity contribution in [2.45, 2.75) is 0 Å². The Balaban J connectivity index is 3.02. The molecule has 0 heterocycles. The Morgan fingerprint density at radius 1 is 0.800 bits per heavy atom. The summed E-state index contributed by atoms with van der Waals surface area (Å²) in [5, 5.41) is 0. The molecule has 5 heavy (non-hydrogen) atoms. The summed E-state index contributed by atoms with van der Waals surface area (Å²) in [7, 11) is -1.86. The summed E-state index contributed by atoms with van der Waals surface area (Å²) in [5.41, 5.74) is 0. The van der Waals surface area contributed by atoms with Crippen molar-refractivity contribution in [1.82, 2.24) is 0 Å². The maximum absolute atomic E-state index is 3.33. The van der Waals surface area contributed by atoms with Crippen molar-refractivity contribution in [3.8, 4) is 0 Å². The zero-order valence-electron chi connectivity index (χ0n) is 1.89. The maximum atomic E-state index is 3.33. The van der Waals surface area contributed by atoms with Crippen molar-refractivity contribution in [2.24, 2.45) is 0 Å². The third-order valence-electron chi connectivity index (χ3n) is 0. The summed E-state index contributed by atoms with van der Waals surface area (Å²) in [6.45, 7) is 0. The van der Waals surface area contributed by atoms with E-state index in [9.17, 15) is 0 Å². The van der Waals surface area contributed by atoms with E-state index < -0.39 is 7.47 Å². The third-order valence-corrected chi connectivity index (χ3v) is 0. The number of hydrogen-bond donors (Lipinski definition) is 0. The van der Waals surface area contributed by atoms with Crippen LogP contribution in [0.1, 0.15) is 0 Å². The quantitative estimate of drug-likeness (QED) is 0.474. The molecular weight excluding hydrogens is 506 g/mol. The van der Waals surface area contributed by atoms with Crippen molar-refractivity contribution in [3.63, 3.8) is 0 Å². The van der Waals surface area contributed by atoms with Gasteiger partial charge in [-0.25, -0.2) is 0 Å². The van der Waals surface area contributed by atoms with E-state index in [0.717, 1.165) is 0 Å². The Labute approximate surface area is 60.0 Å². The van der Waals surface area contributed by atoms with Gasteiger partial charge in [-0.2, -0.15) is 0 Å². The van der Waals surface area contributed by atoms with Crippen molar-refractivity contribution >= 4 is 53.7 Å². The van der Waals surface area contributed by atoms with E-state index in [-0.39, 0.29) is 0 Å². The van der Waals surface area contributed by atoms with Crippen LogP contribution < -0.4 is 0 Å². The SMILES string of the molecule is [Br][Re-]([Br])([Br])[Br]. The van der Waals surface area contributed by atoms with Gasteiger partial charge in [0, 0.05) is 0 Å². The summed E-state index contributed by atoms with van der Waals surface area (Å²) < 4.78 is 0. The van der Waals surface area contributed by atoms with Crippen LogP contribution in [0.5, 0.6) is 0 Å². The number of hydrogen-bond acceptors (Lipinski definition) is 0. The van der Waals surface area contributed by atoms with Crippen molar-refractivity contribution in [2.75, 3.05) is 0 Å². The van der Waals surface area contributed by atoms with Crippen LogP contribution in [0.3, 0.4) is 0 Å². The van der Waals surface area contributed by atoms with Gasteiger partial charge in [0.2, 0.25) is 0 Å². The van der Waals surface area contributed by atoms with Gasteiger partial charge in [-0.3, -0.25) is 0 Å². The van der Waals surface area contributed by atoms with Gasteiger partial charge in [0.25, 0.3) is 0 Å². The van der Waals surface area contributed by atoms with Gasteiger partial charge >= 0.3 is 61.2 Å². The first kappa shape index (κ1) is 7.58. The zero-order valence-corrected chi connectivity index (χ0v) is 10.9. The van der Waals surface area contributed by atoms with Crippen LogP contribution in [-0.2, 0) is 7.47 Å². The fraction of sp³-hybridized carbons (Fsp3) is 0. The molecule has 0 saturated heterocycles. The van der Waals surface area contributed by atoms with E-state index in [1.807, 2.05) is 0 Å². The van der Waals surface area contributed by atoms with E-state index >= 15 is 0 Å². The van der Waals surface area contributed by atoms with Gasteiger partial charge < -0.3 is 0 Å². The Morgan fingerprint density at radius 2 is 0.800 bits per heavy atom. The first-order chi connectivity index (χ1) is 2.00. The molecule has 0 nitrogen and oxygen atoms in total. The predicted molar refractivity (Wildman–Crippen MR) is 35.7 cm³/mol. The topological polar surface area (TPSA) is 0 Å². The molecule has 0 amide bonds. The first-order valence-electron chi connectivity index (χ1n) is 0.571. The summed E-state index contributed by atoms with van der Waals surface area (Å²) in [6.07, 6.45) is 0. The van der Waals surface area contributed by atoms with E-state index in [0.29, 0.717) is 0 Å². The van der Waals surface area contributed by atoms with E-state index in [2.05, 4.69) is 53.7 Å². The average Bonchev–Trinajstić information content (AvgIpc) is 0.722. The monoisotopic (exact) mass is 503 g/mol. The summed E-state index contributed by atoms with van der Waals surface area (Å²) >= 11 is 13.3. The molecule has 0 aliphatic carbocycles.